The van der Waals surface area contributed by atoms with Gasteiger partial charge >= 0.3 is 0 Å². The van der Waals surface area contributed by atoms with Crippen molar-refractivity contribution < 1.29 is 0 Å². The van der Waals surface area contributed by atoms with Crippen LogP contribution in [0.15, 0.2) is 27.4 Å². The summed E-state index contributed by atoms with van der Waals surface area (Å²) in [6.07, 6.45) is 3.81. The summed E-state index contributed by atoms with van der Waals surface area (Å²) in [5, 5.41) is 5.98. The van der Waals surface area contributed by atoms with Crippen LogP contribution in [-0.4, -0.2) is 6.54 Å². The fraction of sp³-hybridized carbons (Fsp3) is 0.500. The van der Waals surface area contributed by atoms with Crippen LogP contribution < -0.4 is 5.32 Å². The summed E-state index contributed by atoms with van der Waals surface area (Å²) in [6.45, 7) is 5.70. The van der Waals surface area contributed by atoms with Crippen LogP contribution in [0.1, 0.15) is 48.0 Å². The van der Waals surface area contributed by atoms with E-state index in [0.717, 1.165) is 6.54 Å². The molecule has 0 amide bonds. The molecule has 2 aromatic rings. The van der Waals surface area contributed by atoms with Crippen molar-refractivity contribution >= 4 is 38.6 Å². The second kappa shape index (κ2) is 5.91. The maximum absolute atomic E-state index is 3.81. The molecule has 4 heteroatoms. The molecule has 0 fully saturated rings. The predicted molar refractivity (Wildman–Crippen MR) is 93.0 cm³/mol. The zero-order valence-electron chi connectivity index (χ0n) is 11.9. The van der Waals surface area contributed by atoms with Crippen molar-refractivity contribution in [3.8, 4) is 0 Å². The number of thiophene rings is 2. The Morgan fingerprint density at radius 3 is 3.05 bits per heavy atom. The molecule has 2 aromatic heterocycles. The summed E-state index contributed by atoms with van der Waals surface area (Å²) in [5.74, 6) is 0. The molecular formula is C16H20BrNS2. The molecule has 0 bridgehead atoms. The Morgan fingerprint density at radius 2 is 2.30 bits per heavy atom. The lowest BCUT2D eigenvalue weighted by atomic mass is 9.89. The van der Waals surface area contributed by atoms with Crippen LogP contribution in [0.3, 0.4) is 0 Å². The van der Waals surface area contributed by atoms with Gasteiger partial charge in [0, 0.05) is 27.8 Å². The molecule has 0 aromatic carbocycles. The van der Waals surface area contributed by atoms with Gasteiger partial charge in [-0.15, -0.1) is 22.7 Å². The zero-order chi connectivity index (χ0) is 14.2. The summed E-state index contributed by atoms with van der Waals surface area (Å²) < 4.78 is 1.27. The van der Waals surface area contributed by atoms with E-state index in [4.69, 9.17) is 0 Å². The first-order chi connectivity index (χ1) is 9.56. The van der Waals surface area contributed by atoms with E-state index in [0.29, 0.717) is 6.04 Å². The van der Waals surface area contributed by atoms with Crippen LogP contribution in [0.4, 0.5) is 0 Å². The fourth-order valence-corrected chi connectivity index (χ4v) is 5.53. The molecule has 1 unspecified atom stereocenters. The van der Waals surface area contributed by atoms with Gasteiger partial charge in [0.05, 0.1) is 3.79 Å². The van der Waals surface area contributed by atoms with Crippen molar-refractivity contribution in [2.24, 2.45) is 0 Å². The third-order valence-corrected chi connectivity index (χ3v) is 7.01. The lowest BCUT2D eigenvalue weighted by Gasteiger charge is -2.30. The smallest absolute Gasteiger partial charge is 0.0704 e. The van der Waals surface area contributed by atoms with E-state index < -0.39 is 0 Å². The molecule has 3 rings (SSSR count). The second-order valence-corrected chi connectivity index (χ2v) is 9.58. The molecule has 108 valence electrons. The largest absolute Gasteiger partial charge is 0.309 e. The standard InChI is InChI=1S/C16H20BrNS2/c1-16(2,14-7-4-8-19-14)10-18-12-5-3-6-13-11(12)9-15(17)20-13/h4,7-9,12,18H,3,5-6,10H2,1-2H3. The lowest BCUT2D eigenvalue weighted by molar-refractivity contribution is 0.398. The minimum absolute atomic E-state index is 0.207. The Labute approximate surface area is 137 Å². The topological polar surface area (TPSA) is 12.0 Å². The summed E-state index contributed by atoms with van der Waals surface area (Å²) in [6, 6.07) is 7.24. The molecule has 0 aliphatic heterocycles. The molecule has 1 N–H and O–H groups in total. The summed E-state index contributed by atoms with van der Waals surface area (Å²) in [5.41, 5.74) is 1.73. The number of aryl methyl sites for hydroxylation is 1. The van der Waals surface area contributed by atoms with E-state index in [-0.39, 0.29) is 5.41 Å². The van der Waals surface area contributed by atoms with Gasteiger partial charge in [-0.25, -0.2) is 0 Å². The molecule has 2 heterocycles. The van der Waals surface area contributed by atoms with Gasteiger partial charge in [0.25, 0.3) is 0 Å². The van der Waals surface area contributed by atoms with Crippen LogP contribution >= 0.6 is 38.6 Å². The number of hydrogen-bond acceptors (Lipinski definition) is 3. The van der Waals surface area contributed by atoms with Crippen LogP contribution in [0.2, 0.25) is 0 Å². The van der Waals surface area contributed by atoms with Crippen molar-refractivity contribution in [3.05, 3.63) is 42.7 Å². The minimum Gasteiger partial charge on any atom is -0.309 e. The summed E-state index contributed by atoms with van der Waals surface area (Å²) >= 11 is 7.40. The SMILES string of the molecule is CC(C)(CNC1CCCc2sc(Br)cc21)c1cccs1. The molecule has 0 radical (unpaired) electrons. The van der Waals surface area contributed by atoms with Crippen LogP contribution in [0.25, 0.3) is 0 Å². The van der Waals surface area contributed by atoms with Crippen molar-refractivity contribution in [2.75, 3.05) is 6.54 Å². The average molecular weight is 370 g/mol. The van der Waals surface area contributed by atoms with Gasteiger partial charge in [-0.1, -0.05) is 19.9 Å². The number of rotatable bonds is 4. The molecule has 1 nitrogen and oxygen atoms in total. The first-order valence-corrected chi connectivity index (χ1v) is 9.61. The van der Waals surface area contributed by atoms with Gasteiger partial charge in [0.15, 0.2) is 0 Å². The number of fused-ring (bicyclic) bond motifs is 1. The monoisotopic (exact) mass is 369 g/mol. The van der Waals surface area contributed by atoms with Gasteiger partial charge in [-0.05, 0) is 58.3 Å². The normalized spacial score (nSPS) is 19.1. The van der Waals surface area contributed by atoms with E-state index in [9.17, 15) is 0 Å². The quantitative estimate of drug-likeness (QED) is 0.748. The molecule has 0 saturated carbocycles. The average Bonchev–Trinajstić information content (AvgIpc) is 3.04. The third-order valence-electron chi connectivity index (χ3n) is 4.06. The number of halogens is 1. The first-order valence-electron chi connectivity index (χ1n) is 7.12. The Morgan fingerprint density at radius 1 is 1.45 bits per heavy atom. The van der Waals surface area contributed by atoms with Gasteiger partial charge in [-0.3, -0.25) is 0 Å². The van der Waals surface area contributed by atoms with Crippen molar-refractivity contribution in [2.45, 2.75) is 44.6 Å². The van der Waals surface area contributed by atoms with Gasteiger partial charge in [-0.2, -0.15) is 0 Å². The zero-order valence-corrected chi connectivity index (χ0v) is 15.1. The lowest BCUT2D eigenvalue weighted by Crippen LogP contribution is -2.35. The molecule has 1 atom stereocenters. The predicted octanol–water partition coefficient (Wildman–Crippen LogP) is 5.52. The van der Waals surface area contributed by atoms with Crippen molar-refractivity contribution in [3.63, 3.8) is 0 Å². The number of hydrogen-bond donors (Lipinski definition) is 1. The maximum Gasteiger partial charge on any atom is 0.0704 e. The van der Waals surface area contributed by atoms with Crippen molar-refractivity contribution in [1.29, 1.82) is 0 Å². The highest BCUT2D eigenvalue weighted by Gasteiger charge is 2.26. The molecule has 0 spiro atoms. The van der Waals surface area contributed by atoms with E-state index in [1.54, 1.807) is 4.88 Å². The maximum atomic E-state index is 3.81. The highest BCUT2D eigenvalue weighted by molar-refractivity contribution is 9.11. The fourth-order valence-electron chi connectivity index (χ4n) is 2.86. The highest BCUT2D eigenvalue weighted by atomic mass is 79.9. The summed E-state index contributed by atoms with van der Waals surface area (Å²) in [4.78, 5) is 3.03. The Bertz CT molecular complexity index is 571. The van der Waals surface area contributed by atoms with Gasteiger partial charge < -0.3 is 5.32 Å². The molecular weight excluding hydrogens is 350 g/mol. The first kappa shape index (κ1) is 14.8. The van der Waals surface area contributed by atoms with Crippen LogP contribution in [0, 0.1) is 0 Å². The van der Waals surface area contributed by atoms with Gasteiger partial charge in [0.1, 0.15) is 0 Å². The van der Waals surface area contributed by atoms with Crippen molar-refractivity contribution in [1.82, 2.24) is 5.32 Å². The molecule has 1 aliphatic carbocycles. The van der Waals surface area contributed by atoms with Crippen LogP contribution in [0.5, 0.6) is 0 Å². The second-order valence-electron chi connectivity index (χ2n) is 6.12. The third kappa shape index (κ3) is 3.03. The van der Waals surface area contributed by atoms with E-state index in [2.05, 4.69) is 58.7 Å². The molecule has 20 heavy (non-hydrogen) atoms. The van der Waals surface area contributed by atoms with E-state index in [1.807, 2.05) is 22.7 Å². The Kier molecular flexibility index (Phi) is 4.37. The van der Waals surface area contributed by atoms with Crippen LogP contribution in [-0.2, 0) is 11.8 Å². The molecule has 1 aliphatic rings. The van der Waals surface area contributed by atoms with E-state index in [1.165, 1.54) is 33.5 Å². The minimum atomic E-state index is 0.207. The Hall–Kier alpha value is -0.160. The van der Waals surface area contributed by atoms with E-state index >= 15 is 0 Å². The highest BCUT2D eigenvalue weighted by Crippen LogP contribution is 2.38. The number of nitrogens with one attached hydrogen (secondary N) is 1. The molecule has 0 saturated heterocycles. The summed E-state index contributed by atoms with van der Waals surface area (Å²) in [7, 11) is 0. The van der Waals surface area contributed by atoms with Gasteiger partial charge in [0.2, 0.25) is 0 Å². The Balaban J connectivity index is 1.70.